The van der Waals surface area contributed by atoms with Gasteiger partial charge in [0, 0.05) is 40.0 Å². The highest BCUT2D eigenvalue weighted by atomic mass is 32.2. The maximum atomic E-state index is 10.3. The van der Waals surface area contributed by atoms with Crippen LogP contribution >= 0.6 is 23.5 Å². The second-order valence-corrected chi connectivity index (χ2v) is 7.25. The van der Waals surface area contributed by atoms with Crippen LogP contribution < -0.4 is 0 Å². The molecule has 3 rings (SSSR count). The van der Waals surface area contributed by atoms with E-state index >= 15 is 0 Å². The van der Waals surface area contributed by atoms with Crippen molar-refractivity contribution in [3.05, 3.63) is 42.1 Å². The highest BCUT2D eigenvalue weighted by Crippen LogP contribution is 2.27. The highest BCUT2D eigenvalue weighted by Gasteiger charge is 2.23. The molecule has 2 unspecified atom stereocenters. The molecule has 2 atom stereocenters. The van der Waals surface area contributed by atoms with Crippen LogP contribution in [0, 0.1) is 0 Å². The Hall–Kier alpha value is -0.710. The van der Waals surface area contributed by atoms with Crippen molar-refractivity contribution in [3.8, 4) is 0 Å². The van der Waals surface area contributed by atoms with Crippen LogP contribution in [0.4, 0.5) is 0 Å². The monoisotopic (exact) mass is 291 g/mol. The fraction of sp³-hybridized carbons (Fsp3) is 0.400. The lowest BCUT2D eigenvalue weighted by atomic mass is 10.1. The molecule has 2 aromatic rings. The molecule has 0 bridgehead atoms. The second-order valence-electron chi connectivity index (χ2n) is 4.75. The minimum Gasteiger partial charge on any atom is -0.392 e. The molecule has 1 N–H and O–H groups in total. The summed E-state index contributed by atoms with van der Waals surface area (Å²) in [6.45, 7) is 0. The molecule has 0 aliphatic carbocycles. The van der Waals surface area contributed by atoms with Gasteiger partial charge >= 0.3 is 0 Å². The largest absolute Gasteiger partial charge is 0.392 e. The fourth-order valence-corrected chi connectivity index (χ4v) is 5.07. The van der Waals surface area contributed by atoms with Gasteiger partial charge in [0.25, 0.3) is 0 Å². The number of hydrogen-bond acceptors (Lipinski definition) is 4. The summed E-state index contributed by atoms with van der Waals surface area (Å²) >= 11 is 3.84. The lowest BCUT2D eigenvalue weighted by Gasteiger charge is -2.25. The summed E-state index contributed by atoms with van der Waals surface area (Å²) in [5, 5.41) is 11.8. The van der Waals surface area contributed by atoms with Crippen LogP contribution in [0.25, 0.3) is 10.9 Å². The van der Waals surface area contributed by atoms with Gasteiger partial charge in [-0.1, -0.05) is 24.3 Å². The summed E-state index contributed by atoms with van der Waals surface area (Å²) in [6, 6.07) is 12.2. The molecule has 100 valence electrons. The smallest absolute Gasteiger partial charge is 0.0722 e. The molecule has 2 heterocycles. The third-order valence-corrected chi connectivity index (χ3v) is 6.25. The Morgan fingerprint density at radius 1 is 1.21 bits per heavy atom. The Morgan fingerprint density at radius 2 is 2.11 bits per heavy atom. The number of rotatable bonds is 3. The molecule has 1 fully saturated rings. The quantitative estimate of drug-likeness (QED) is 0.942. The normalized spacial score (nSPS) is 21.4. The number of nitrogens with zero attached hydrogens (tertiary/aromatic N) is 1. The van der Waals surface area contributed by atoms with E-state index in [0.717, 1.165) is 28.1 Å². The van der Waals surface area contributed by atoms with E-state index in [0.29, 0.717) is 11.7 Å². The lowest BCUT2D eigenvalue weighted by Crippen LogP contribution is -2.30. The number of aliphatic hydroxyl groups is 1. The number of para-hydroxylation sites is 1. The van der Waals surface area contributed by atoms with E-state index in [2.05, 4.69) is 17.1 Å². The van der Waals surface area contributed by atoms with Crippen molar-refractivity contribution in [2.75, 3.05) is 17.3 Å². The zero-order valence-electron chi connectivity index (χ0n) is 10.7. The van der Waals surface area contributed by atoms with Gasteiger partial charge in [-0.25, -0.2) is 0 Å². The Labute approximate surface area is 122 Å². The van der Waals surface area contributed by atoms with Crippen molar-refractivity contribution in [2.24, 2.45) is 0 Å². The topological polar surface area (TPSA) is 33.1 Å². The Bertz CT molecular complexity index is 555. The SMILES string of the molecule is OC(Cc1ccc2ccccc2n1)C1CSCCS1. The van der Waals surface area contributed by atoms with Crippen LogP contribution in [0.2, 0.25) is 0 Å². The van der Waals surface area contributed by atoms with E-state index in [1.807, 2.05) is 47.8 Å². The van der Waals surface area contributed by atoms with E-state index in [-0.39, 0.29) is 6.10 Å². The van der Waals surface area contributed by atoms with Crippen LogP contribution in [-0.4, -0.2) is 38.7 Å². The van der Waals surface area contributed by atoms with Gasteiger partial charge in [0.15, 0.2) is 0 Å². The van der Waals surface area contributed by atoms with Gasteiger partial charge in [0.1, 0.15) is 0 Å². The van der Waals surface area contributed by atoms with Crippen molar-refractivity contribution in [1.82, 2.24) is 4.98 Å². The standard InChI is InChI=1S/C15H17NOS2/c17-14(15-10-18-7-8-19-15)9-12-6-5-11-3-1-2-4-13(11)16-12/h1-6,14-15,17H,7-10H2. The van der Waals surface area contributed by atoms with Gasteiger partial charge < -0.3 is 5.11 Å². The van der Waals surface area contributed by atoms with Gasteiger partial charge in [-0.2, -0.15) is 23.5 Å². The van der Waals surface area contributed by atoms with Crippen molar-refractivity contribution >= 4 is 34.4 Å². The molecule has 0 amide bonds. The third-order valence-electron chi connectivity index (χ3n) is 3.35. The summed E-state index contributed by atoms with van der Waals surface area (Å²) in [7, 11) is 0. The van der Waals surface area contributed by atoms with Gasteiger partial charge in [-0.05, 0) is 12.1 Å². The second kappa shape index (κ2) is 6.16. The van der Waals surface area contributed by atoms with Crippen molar-refractivity contribution in [1.29, 1.82) is 0 Å². The van der Waals surface area contributed by atoms with E-state index < -0.39 is 0 Å². The van der Waals surface area contributed by atoms with E-state index in [1.165, 1.54) is 5.75 Å². The zero-order valence-corrected chi connectivity index (χ0v) is 12.3. The number of fused-ring (bicyclic) bond motifs is 1. The van der Waals surface area contributed by atoms with E-state index in [9.17, 15) is 5.11 Å². The summed E-state index contributed by atoms with van der Waals surface area (Å²) in [4.78, 5) is 4.63. The number of pyridine rings is 1. The first kappa shape index (κ1) is 13.3. The highest BCUT2D eigenvalue weighted by molar-refractivity contribution is 8.06. The predicted molar refractivity (Wildman–Crippen MR) is 85.0 cm³/mol. The first-order chi connectivity index (χ1) is 9.33. The molecular weight excluding hydrogens is 274 g/mol. The summed E-state index contributed by atoms with van der Waals surface area (Å²) in [6.07, 6.45) is 0.370. The summed E-state index contributed by atoms with van der Waals surface area (Å²) in [5.74, 6) is 3.42. The molecule has 4 heteroatoms. The lowest BCUT2D eigenvalue weighted by molar-refractivity contribution is 0.176. The Morgan fingerprint density at radius 3 is 2.95 bits per heavy atom. The molecule has 1 aromatic heterocycles. The number of hydrogen-bond donors (Lipinski definition) is 1. The minimum absolute atomic E-state index is 0.286. The van der Waals surface area contributed by atoms with Crippen molar-refractivity contribution in [3.63, 3.8) is 0 Å². The number of aliphatic hydroxyl groups excluding tert-OH is 1. The molecular formula is C15H17NOS2. The van der Waals surface area contributed by atoms with Crippen LogP contribution in [0.3, 0.4) is 0 Å². The molecule has 2 nitrogen and oxygen atoms in total. The first-order valence-electron chi connectivity index (χ1n) is 6.55. The van der Waals surface area contributed by atoms with Gasteiger partial charge in [-0.3, -0.25) is 4.98 Å². The molecule has 1 saturated heterocycles. The first-order valence-corrected chi connectivity index (χ1v) is 8.75. The number of thioether (sulfide) groups is 2. The van der Waals surface area contributed by atoms with Crippen molar-refractivity contribution in [2.45, 2.75) is 17.8 Å². The predicted octanol–water partition coefficient (Wildman–Crippen LogP) is 2.99. The fourth-order valence-electron chi connectivity index (χ4n) is 2.30. The molecule has 1 aliphatic rings. The van der Waals surface area contributed by atoms with Crippen LogP contribution in [-0.2, 0) is 6.42 Å². The molecule has 1 aliphatic heterocycles. The number of benzene rings is 1. The summed E-state index contributed by atoms with van der Waals surface area (Å²) in [5.41, 5.74) is 2.00. The molecule has 0 radical (unpaired) electrons. The Kier molecular flexibility index (Phi) is 4.31. The maximum absolute atomic E-state index is 10.3. The molecule has 0 spiro atoms. The molecule has 19 heavy (non-hydrogen) atoms. The van der Waals surface area contributed by atoms with Crippen molar-refractivity contribution < 1.29 is 5.11 Å². The average molecular weight is 291 g/mol. The van der Waals surface area contributed by atoms with Gasteiger partial charge in [0.05, 0.1) is 11.6 Å². The molecule has 1 aromatic carbocycles. The van der Waals surface area contributed by atoms with Crippen LogP contribution in [0.5, 0.6) is 0 Å². The van der Waals surface area contributed by atoms with Crippen LogP contribution in [0.15, 0.2) is 36.4 Å². The Balaban J connectivity index is 1.73. The van der Waals surface area contributed by atoms with Crippen LogP contribution in [0.1, 0.15) is 5.69 Å². The summed E-state index contributed by atoms with van der Waals surface area (Å²) < 4.78 is 0. The van der Waals surface area contributed by atoms with Gasteiger partial charge in [0.2, 0.25) is 0 Å². The third kappa shape index (κ3) is 3.25. The van der Waals surface area contributed by atoms with E-state index in [4.69, 9.17) is 0 Å². The number of aromatic nitrogens is 1. The van der Waals surface area contributed by atoms with Gasteiger partial charge in [-0.15, -0.1) is 0 Å². The minimum atomic E-state index is -0.286. The zero-order chi connectivity index (χ0) is 13.1. The maximum Gasteiger partial charge on any atom is 0.0722 e. The molecule has 0 saturated carbocycles. The van der Waals surface area contributed by atoms with E-state index in [1.54, 1.807) is 0 Å². The average Bonchev–Trinajstić information content (AvgIpc) is 2.48.